The van der Waals surface area contributed by atoms with Gasteiger partial charge < -0.3 is 28.4 Å². The number of nitrogens with zero attached hydrogens (tertiary/aromatic N) is 1. The van der Waals surface area contributed by atoms with Gasteiger partial charge in [0.15, 0.2) is 19.3 Å². The number of esters is 2. The number of hydrogen-bond acceptors (Lipinski definition) is 9. The lowest BCUT2D eigenvalue weighted by atomic mass is 10.00. The Morgan fingerprint density at radius 2 is 1.42 bits per heavy atom. The lowest BCUT2D eigenvalue weighted by molar-refractivity contribution is 0.0419. The van der Waals surface area contributed by atoms with Crippen LogP contribution >= 0.6 is 0 Å². The summed E-state index contributed by atoms with van der Waals surface area (Å²) in [5.41, 5.74) is -0.0274. The number of methoxy groups -OCH3 is 4. The molecule has 0 fully saturated rings. The third kappa shape index (κ3) is 3.68. The van der Waals surface area contributed by atoms with Gasteiger partial charge in [-0.25, -0.2) is 9.59 Å². The summed E-state index contributed by atoms with van der Waals surface area (Å²) < 4.78 is 30.6. The van der Waals surface area contributed by atoms with E-state index in [9.17, 15) is 9.59 Å². The third-order valence-electron chi connectivity index (χ3n) is 3.39. The molecule has 140 valence electrons. The lowest BCUT2D eigenvalue weighted by Gasteiger charge is -2.19. The molecule has 9 nitrogen and oxygen atoms in total. The number of rotatable bonds is 8. The smallest absolute Gasteiger partial charge is 0.342 e. The molecule has 0 radical (unpaired) electrons. The van der Waals surface area contributed by atoms with E-state index in [1.165, 1.54) is 34.6 Å². The van der Waals surface area contributed by atoms with Gasteiger partial charge >= 0.3 is 11.9 Å². The Kier molecular flexibility index (Phi) is 6.70. The highest BCUT2D eigenvalue weighted by Crippen LogP contribution is 2.40. The molecule has 0 spiro atoms. The van der Waals surface area contributed by atoms with E-state index >= 15 is 0 Å². The molecule has 1 aromatic heterocycles. The number of aromatic nitrogens is 1. The maximum atomic E-state index is 12.5. The molecule has 2 rings (SSSR count). The average molecular weight is 365 g/mol. The standard InChI is InChI=1S/C17H19NO8/c1-21-8-25-14-10-6-5-7-18-13(10)15(26-9-22-2)12(17(20)24-4)11(14)16(19)23-3/h5-7H,8-9H2,1-4H3. The largest absolute Gasteiger partial charge is 0.466 e. The summed E-state index contributed by atoms with van der Waals surface area (Å²) in [5.74, 6) is -1.51. The highest BCUT2D eigenvalue weighted by molar-refractivity contribution is 6.13. The maximum absolute atomic E-state index is 12.5. The number of fused-ring (bicyclic) bond motifs is 1. The summed E-state index contributed by atoms with van der Waals surface area (Å²) in [4.78, 5) is 29.1. The number of benzene rings is 1. The van der Waals surface area contributed by atoms with E-state index in [1.54, 1.807) is 12.1 Å². The number of ether oxygens (including phenoxy) is 6. The van der Waals surface area contributed by atoms with Crippen molar-refractivity contribution in [3.63, 3.8) is 0 Å². The van der Waals surface area contributed by atoms with Crippen LogP contribution in [0.3, 0.4) is 0 Å². The second-order valence-electron chi connectivity index (χ2n) is 4.89. The quantitative estimate of drug-likeness (QED) is 0.511. The van der Waals surface area contributed by atoms with Crippen LogP contribution in [0.1, 0.15) is 20.7 Å². The van der Waals surface area contributed by atoms with Gasteiger partial charge in [0.1, 0.15) is 22.4 Å². The monoisotopic (exact) mass is 365 g/mol. The van der Waals surface area contributed by atoms with Crippen molar-refractivity contribution in [2.75, 3.05) is 42.0 Å². The van der Waals surface area contributed by atoms with Gasteiger partial charge in [0.2, 0.25) is 0 Å². The second kappa shape index (κ2) is 8.97. The molecule has 9 heteroatoms. The normalized spacial score (nSPS) is 10.5. The summed E-state index contributed by atoms with van der Waals surface area (Å²) in [6.45, 7) is -0.332. The molecule has 0 saturated carbocycles. The molecule has 0 bridgehead atoms. The Hall–Kier alpha value is -2.91. The van der Waals surface area contributed by atoms with E-state index in [0.29, 0.717) is 10.9 Å². The van der Waals surface area contributed by atoms with E-state index in [2.05, 4.69) is 4.98 Å². The van der Waals surface area contributed by atoms with Crippen LogP contribution in [0.2, 0.25) is 0 Å². The van der Waals surface area contributed by atoms with E-state index in [1.807, 2.05) is 0 Å². The zero-order chi connectivity index (χ0) is 19.1. The fourth-order valence-electron chi connectivity index (χ4n) is 2.37. The van der Waals surface area contributed by atoms with E-state index < -0.39 is 11.9 Å². The molecule has 0 aliphatic rings. The highest BCUT2D eigenvalue weighted by Gasteiger charge is 2.32. The Morgan fingerprint density at radius 3 is 1.96 bits per heavy atom. The molecule has 0 N–H and O–H groups in total. The fraction of sp³-hybridized carbons (Fsp3) is 0.353. The summed E-state index contributed by atoms with van der Waals surface area (Å²) in [6.07, 6.45) is 1.51. The minimum absolute atomic E-state index is 0.0273. The van der Waals surface area contributed by atoms with Crippen molar-refractivity contribution in [1.82, 2.24) is 4.98 Å². The van der Waals surface area contributed by atoms with Gasteiger partial charge in [0.25, 0.3) is 0 Å². The van der Waals surface area contributed by atoms with Crippen molar-refractivity contribution in [1.29, 1.82) is 0 Å². The molecule has 0 unspecified atom stereocenters. The van der Waals surface area contributed by atoms with E-state index in [0.717, 1.165) is 0 Å². The number of hydrogen-bond donors (Lipinski definition) is 0. The minimum atomic E-state index is -0.814. The van der Waals surface area contributed by atoms with Gasteiger partial charge in [0.05, 0.1) is 14.2 Å². The number of carbonyl (C=O) groups is 2. The molecular formula is C17H19NO8. The Bertz CT molecular complexity index is 738. The number of carbonyl (C=O) groups excluding carboxylic acids is 2. The Morgan fingerprint density at radius 1 is 0.885 bits per heavy atom. The molecule has 0 saturated heterocycles. The van der Waals surface area contributed by atoms with E-state index in [4.69, 9.17) is 28.4 Å². The van der Waals surface area contributed by atoms with Crippen molar-refractivity contribution < 1.29 is 38.0 Å². The molecule has 2 aromatic rings. The van der Waals surface area contributed by atoms with Crippen LogP contribution in [0.25, 0.3) is 10.9 Å². The first-order valence-corrected chi connectivity index (χ1v) is 7.45. The molecule has 1 aromatic carbocycles. The molecular weight excluding hydrogens is 346 g/mol. The van der Waals surface area contributed by atoms with Crippen molar-refractivity contribution in [2.24, 2.45) is 0 Å². The van der Waals surface area contributed by atoms with Gasteiger partial charge in [-0.3, -0.25) is 4.98 Å². The van der Waals surface area contributed by atoms with Crippen molar-refractivity contribution in [3.05, 3.63) is 29.5 Å². The first-order valence-electron chi connectivity index (χ1n) is 7.45. The molecule has 0 amide bonds. The topological polar surface area (TPSA) is 102 Å². The highest BCUT2D eigenvalue weighted by atomic mass is 16.7. The van der Waals surface area contributed by atoms with Crippen molar-refractivity contribution >= 4 is 22.8 Å². The molecule has 1 heterocycles. The van der Waals surface area contributed by atoms with Gasteiger partial charge in [-0.2, -0.15) is 0 Å². The summed E-state index contributed by atoms with van der Waals surface area (Å²) in [7, 11) is 5.22. The van der Waals surface area contributed by atoms with Crippen molar-refractivity contribution in [3.8, 4) is 11.5 Å². The molecule has 0 atom stereocenters. The lowest BCUT2D eigenvalue weighted by Crippen LogP contribution is -2.18. The average Bonchev–Trinajstić information content (AvgIpc) is 2.68. The summed E-state index contributed by atoms with van der Waals surface area (Å²) in [6, 6.07) is 3.32. The van der Waals surface area contributed by atoms with Crippen LogP contribution in [0.4, 0.5) is 0 Å². The molecule has 0 aliphatic heterocycles. The predicted molar refractivity (Wildman–Crippen MR) is 89.4 cm³/mol. The first-order chi connectivity index (χ1) is 12.6. The Balaban J connectivity index is 2.93. The second-order valence-corrected chi connectivity index (χ2v) is 4.89. The Labute approximate surface area is 149 Å². The zero-order valence-electron chi connectivity index (χ0n) is 14.9. The summed E-state index contributed by atoms with van der Waals surface area (Å²) in [5, 5.41) is 0.434. The van der Waals surface area contributed by atoms with Crippen LogP contribution in [-0.2, 0) is 18.9 Å². The van der Waals surface area contributed by atoms with Crippen LogP contribution in [0.5, 0.6) is 11.5 Å². The van der Waals surface area contributed by atoms with E-state index in [-0.39, 0.29) is 36.2 Å². The van der Waals surface area contributed by atoms with Crippen molar-refractivity contribution in [2.45, 2.75) is 0 Å². The van der Waals surface area contributed by atoms with Crippen LogP contribution in [0, 0.1) is 0 Å². The maximum Gasteiger partial charge on any atom is 0.342 e. The van der Waals surface area contributed by atoms with Crippen LogP contribution in [0.15, 0.2) is 18.3 Å². The molecule has 26 heavy (non-hydrogen) atoms. The molecule has 0 aliphatic carbocycles. The zero-order valence-corrected chi connectivity index (χ0v) is 14.9. The third-order valence-corrected chi connectivity index (χ3v) is 3.39. The predicted octanol–water partition coefficient (Wildman–Crippen LogP) is 1.77. The van der Waals surface area contributed by atoms with Crippen LogP contribution < -0.4 is 9.47 Å². The van der Waals surface area contributed by atoms with Gasteiger partial charge in [-0.05, 0) is 12.1 Å². The minimum Gasteiger partial charge on any atom is -0.466 e. The fourth-order valence-corrected chi connectivity index (χ4v) is 2.37. The number of pyridine rings is 1. The van der Waals surface area contributed by atoms with Crippen LogP contribution in [-0.4, -0.2) is 58.9 Å². The van der Waals surface area contributed by atoms with Gasteiger partial charge in [-0.1, -0.05) is 0 Å². The SMILES string of the molecule is COCOc1c(C(=O)OC)c(C(=O)OC)c(OCOC)c2ncccc12. The summed E-state index contributed by atoms with van der Waals surface area (Å²) >= 11 is 0. The first kappa shape index (κ1) is 19.4. The van der Waals surface area contributed by atoms with Gasteiger partial charge in [0, 0.05) is 25.8 Å². The van der Waals surface area contributed by atoms with Gasteiger partial charge in [-0.15, -0.1) is 0 Å².